The number of rotatable bonds is 20. The largest absolute Gasteiger partial charge is 0.396 e. The van der Waals surface area contributed by atoms with Gasteiger partial charge in [-0.3, -0.25) is 4.79 Å². The van der Waals surface area contributed by atoms with E-state index >= 15 is 0 Å². The molecule has 4 aromatic rings. The molecule has 0 atom stereocenters. The zero-order chi connectivity index (χ0) is 31.7. The van der Waals surface area contributed by atoms with E-state index in [-0.39, 0.29) is 6.61 Å². The van der Waals surface area contributed by atoms with Crippen molar-refractivity contribution < 1.29 is 14.6 Å². The Kier molecular flexibility index (Phi) is 14.6. The molecule has 45 heavy (non-hydrogen) atoms. The summed E-state index contributed by atoms with van der Waals surface area (Å²) in [7, 11) is 0. The number of ether oxygens (including phenoxy) is 1. The van der Waals surface area contributed by atoms with Crippen LogP contribution in [0.2, 0.25) is 0 Å². The van der Waals surface area contributed by atoms with Crippen LogP contribution in [-0.2, 0) is 24.0 Å². The number of nitrogens with zero attached hydrogens (tertiary/aromatic N) is 1. The summed E-state index contributed by atoms with van der Waals surface area (Å²) in [6.07, 6.45) is 16.1. The molecule has 238 valence electrons. The van der Waals surface area contributed by atoms with E-state index in [1.165, 1.54) is 48.8 Å². The van der Waals surface area contributed by atoms with Crippen molar-refractivity contribution in [3.63, 3.8) is 0 Å². The Morgan fingerprint density at radius 1 is 0.689 bits per heavy atom. The summed E-state index contributed by atoms with van der Waals surface area (Å²) in [5, 5.41) is 8.95. The van der Waals surface area contributed by atoms with Crippen molar-refractivity contribution in [1.29, 1.82) is 0 Å². The van der Waals surface area contributed by atoms with Crippen LogP contribution in [-0.4, -0.2) is 31.2 Å². The Labute approximate surface area is 274 Å². The van der Waals surface area contributed by atoms with Gasteiger partial charge in [-0.15, -0.1) is 11.3 Å². The number of aryl methyl sites for hydroxylation is 2. The van der Waals surface area contributed by atoms with E-state index in [1.807, 2.05) is 0 Å². The van der Waals surface area contributed by atoms with Crippen molar-refractivity contribution in [3.8, 4) is 0 Å². The zero-order valence-electron chi connectivity index (χ0n) is 27.0. The number of carbonyl (C=O) groups is 1. The predicted octanol–water partition coefficient (Wildman–Crippen LogP) is 10.6. The Morgan fingerprint density at radius 2 is 1.31 bits per heavy atom. The minimum atomic E-state index is 0.165. The highest BCUT2D eigenvalue weighted by atomic mass is 32.1. The van der Waals surface area contributed by atoms with Crippen LogP contribution in [0.15, 0.2) is 78.9 Å². The van der Waals surface area contributed by atoms with Gasteiger partial charge in [0.1, 0.15) is 0 Å². The maximum atomic E-state index is 11.7. The first-order valence-corrected chi connectivity index (χ1v) is 17.5. The maximum Gasteiger partial charge on any atom is 0.160 e. The molecule has 0 fully saturated rings. The number of hydrogen-bond acceptors (Lipinski definition) is 5. The van der Waals surface area contributed by atoms with Crippen LogP contribution in [0.25, 0.3) is 12.2 Å². The number of anilines is 3. The van der Waals surface area contributed by atoms with Gasteiger partial charge in [0, 0.05) is 35.2 Å². The van der Waals surface area contributed by atoms with Crippen LogP contribution in [0, 0.1) is 0 Å². The van der Waals surface area contributed by atoms with Crippen LogP contribution in [0.5, 0.6) is 0 Å². The molecule has 1 N–H and O–H groups in total. The molecule has 0 bridgehead atoms. The third-order valence-corrected chi connectivity index (χ3v) is 9.12. The van der Waals surface area contributed by atoms with E-state index in [1.54, 1.807) is 11.3 Å². The third kappa shape index (κ3) is 10.8. The van der Waals surface area contributed by atoms with E-state index in [0.29, 0.717) is 19.6 Å². The topological polar surface area (TPSA) is 49.8 Å². The second-order valence-electron chi connectivity index (χ2n) is 11.6. The molecule has 5 heteroatoms. The first-order chi connectivity index (χ1) is 22.1. The van der Waals surface area contributed by atoms with E-state index in [9.17, 15) is 4.79 Å². The van der Waals surface area contributed by atoms with Crippen molar-refractivity contribution in [3.05, 3.63) is 111 Å². The molecule has 0 aliphatic carbocycles. The van der Waals surface area contributed by atoms with Crippen molar-refractivity contribution >= 4 is 46.8 Å². The number of carbonyl (C=O) groups excluding carboxylic acids is 1. The van der Waals surface area contributed by atoms with Gasteiger partial charge in [0.05, 0.1) is 11.5 Å². The minimum absolute atomic E-state index is 0.165. The highest BCUT2D eigenvalue weighted by Crippen LogP contribution is 2.35. The number of aldehydes is 1. The molecule has 0 saturated heterocycles. The van der Waals surface area contributed by atoms with Gasteiger partial charge >= 0.3 is 0 Å². The SMILES string of the molecule is CCCCCCc1cc(/C=C\c2ccc(N(c3ccc(CCCC)cc3)c3ccc(CCOCCCO)cc3)cc2)sc1C=O. The summed E-state index contributed by atoms with van der Waals surface area (Å²) in [6, 6.07) is 28.5. The summed E-state index contributed by atoms with van der Waals surface area (Å²) in [6.45, 7) is 5.86. The number of hydrogen-bond donors (Lipinski definition) is 1. The first-order valence-electron chi connectivity index (χ1n) is 16.7. The van der Waals surface area contributed by atoms with Gasteiger partial charge in [0.25, 0.3) is 0 Å². The highest BCUT2D eigenvalue weighted by molar-refractivity contribution is 7.14. The number of benzene rings is 3. The molecule has 0 spiro atoms. The van der Waals surface area contributed by atoms with Crippen molar-refractivity contribution in [2.45, 2.75) is 78.1 Å². The van der Waals surface area contributed by atoms with Gasteiger partial charge < -0.3 is 14.7 Å². The molecular weight excluding hydrogens is 575 g/mol. The van der Waals surface area contributed by atoms with Crippen LogP contribution in [0.3, 0.4) is 0 Å². The van der Waals surface area contributed by atoms with Crippen LogP contribution >= 0.6 is 11.3 Å². The lowest BCUT2D eigenvalue weighted by atomic mass is 10.1. The minimum Gasteiger partial charge on any atom is -0.396 e. The maximum absolute atomic E-state index is 11.7. The predicted molar refractivity (Wildman–Crippen MR) is 192 cm³/mol. The lowest BCUT2D eigenvalue weighted by Gasteiger charge is -2.26. The van der Waals surface area contributed by atoms with Gasteiger partial charge in [0.2, 0.25) is 0 Å². The fourth-order valence-electron chi connectivity index (χ4n) is 5.41. The Bertz CT molecular complexity index is 1440. The van der Waals surface area contributed by atoms with Gasteiger partial charge in [0.15, 0.2) is 6.29 Å². The normalized spacial score (nSPS) is 11.4. The van der Waals surface area contributed by atoms with Crippen molar-refractivity contribution in [2.24, 2.45) is 0 Å². The molecule has 4 rings (SSSR count). The lowest BCUT2D eigenvalue weighted by molar-refractivity contribution is 0.112. The second-order valence-corrected chi connectivity index (χ2v) is 12.7. The van der Waals surface area contributed by atoms with Gasteiger partial charge in [-0.2, -0.15) is 0 Å². The molecule has 1 heterocycles. The molecule has 0 unspecified atom stereocenters. The molecule has 0 aliphatic heterocycles. The van der Waals surface area contributed by atoms with Gasteiger partial charge in [-0.05, 0) is 109 Å². The van der Waals surface area contributed by atoms with E-state index < -0.39 is 0 Å². The first kappa shape index (κ1) is 34.4. The standard InChI is InChI=1S/C40H49NO3S/c1-3-5-7-8-11-35-30-39(45-40(35)31-43)25-18-33-14-21-37(22-15-33)41(36-19-12-32(13-20-36)10-6-4-2)38-23-16-34(17-24-38)26-29-44-28-9-27-42/h12-25,30-31,42H,3-11,26-29H2,1-2H3/b25-18-. The molecular formula is C40H49NO3S. The zero-order valence-corrected chi connectivity index (χ0v) is 27.9. The number of unbranched alkanes of at least 4 members (excludes halogenated alkanes) is 4. The molecule has 0 aliphatic rings. The van der Waals surface area contributed by atoms with Crippen LogP contribution < -0.4 is 4.90 Å². The van der Waals surface area contributed by atoms with Gasteiger partial charge in [-0.25, -0.2) is 0 Å². The Balaban J connectivity index is 1.51. The Morgan fingerprint density at radius 3 is 1.91 bits per heavy atom. The summed E-state index contributed by atoms with van der Waals surface area (Å²) in [5.41, 5.74) is 8.23. The summed E-state index contributed by atoms with van der Waals surface area (Å²) in [4.78, 5) is 16.0. The monoisotopic (exact) mass is 623 g/mol. The molecule has 0 saturated carbocycles. The summed E-state index contributed by atoms with van der Waals surface area (Å²) in [5.74, 6) is 0. The molecule has 1 aromatic heterocycles. The van der Waals surface area contributed by atoms with Crippen molar-refractivity contribution in [2.75, 3.05) is 24.7 Å². The van der Waals surface area contributed by atoms with Crippen LogP contribution in [0.1, 0.15) is 95.6 Å². The van der Waals surface area contributed by atoms with E-state index in [2.05, 4.69) is 110 Å². The van der Waals surface area contributed by atoms with Gasteiger partial charge in [-0.1, -0.05) is 82.0 Å². The quantitative estimate of drug-likeness (QED) is 0.0786. The number of aliphatic hydroxyl groups is 1. The molecule has 0 radical (unpaired) electrons. The fourth-order valence-corrected chi connectivity index (χ4v) is 6.34. The van der Waals surface area contributed by atoms with E-state index in [4.69, 9.17) is 9.84 Å². The molecule has 4 nitrogen and oxygen atoms in total. The second kappa shape index (κ2) is 19.1. The number of aliphatic hydroxyl groups excluding tert-OH is 1. The van der Waals surface area contributed by atoms with Crippen molar-refractivity contribution in [1.82, 2.24) is 0 Å². The molecule has 0 amide bonds. The smallest absolute Gasteiger partial charge is 0.160 e. The average molecular weight is 624 g/mol. The summed E-state index contributed by atoms with van der Waals surface area (Å²) < 4.78 is 5.64. The summed E-state index contributed by atoms with van der Waals surface area (Å²) >= 11 is 1.58. The van der Waals surface area contributed by atoms with Crippen LogP contribution in [0.4, 0.5) is 17.1 Å². The number of thiophene rings is 1. The Hall–Kier alpha value is -3.51. The molecule has 3 aromatic carbocycles. The third-order valence-electron chi connectivity index (χ3n) is 8.05. The highest BCUT2D eigenvalue weighted by Gasteiger charge is 2.13. The average Bonchev–Trinajstić information content (AvgIpc) is 3.48. The fraction of sp³-hybridized carbons (Fsp3) is 0.375. The van der Waals surface area contributed by atoms with E-state index in [0.717, 1.165) is 64.3 Å². The lowest BCUT2D eigenvalue weighted by Crippen LogP contribution is -2.10.